The van der Waals surface area contributed by atoms with Crippen LogP contribution in [0.3, 0.4) is 0 Å². The molecule has 3 heterocycles. The monoisotopic (exact) mass is 507 g/mol. The molecule has 1 aliphatic carbocycles. The van der Waals surface area contributed by atoms with E-state index in [-0.39, 0.29) is 23.9 Å². The molecule has 2 fully saturated rings. The Morgan fingerprint density at radius 3 is 2.69 bits per heavy atom. The number of carbonyl (C=O) groups is 1. The van der Waals surface area contributed by atoms with Crippen LogP contribution >= 0.6 is 23.8 Å². The van der Waals surface area contributed by atoms with Gasteiger partial charge in [-0.05, 0) is 67.0 Å². The largest absolute Gasteiger partial charge is 0.351 e. The smallest absolute Gasteiger partial charge is 0.226 e. The molecular weight excluding hydrogens is 478 g/mol. The Morgan fingerprint density at radius 2 is 2.00 bits per heavy atom. The number of thiocarbonyl (C=S) groups is 1. The molecule has 1 saturated heterocycles. The minimum absolute atomic E-state index is 0.0700. The van der Waals surface area contributed by atoms with Gasteiger partial charge in [-0.2, -0.15) is 0 Å². The van der Waals surface area contributed by atoms with Crippen LogP contribution in [0.1, 0.15) is 68.9 Å². The Bertz CT molecular complexity index is 1220. The van der Waals surface area contributed by atoms with Crippen LogP contribution in [0, 0.1) is 5.92 Å². The summed E-state index contributed by atoms with van der Waals surface area (Å²) in [6.07, 6.45) is 11.3. The minimum Gasteiger partial charge on any atom is -0.351 e. The van der Waals surface area contributed by atoms with E-state index >= 15 is 0 Å². The van der Waals surface area contributed by atoms with Crippen molar-refractivity contribution in [3.05, 3.63) is 77.3 Å². The van der Waals surface area contributed by atoms with Gasteiger partial charge < -0.3 is 20.1 Å². The molecule has 0 bridgehead atoms. The number of rotatable bonds is 6. The summed E-state index contributed by atoms with van der Waals surface area (Å²) in [5, 5.41) is 7.49. The predicted molar refractivity (Wildman–Crippen MR) is 145 cm³/mol. The third-order valence-corrected chi connectivity index (χ3v) is 7.56. The molecule has 0 radical (unpaired) electrons. The molecule has 6 nitrogen and oxygen atoms in total. The van der Waals surface area contributed by atoms with Gasteiger partial charge in [-0.15, -0.1) is 0 Å². The summed E-state index contributed by atoms with van der Waals surface area (Å²) >= 11 is 12.5. The molecule has 2 aliphatic rings. The van der Waals surface area contributed by atoms with E-state index in [1.54, 1.807) is 0 Å². The maximum absolute atomic E-state index is 12.2. The van der Waals surface area contributed by atoms with E-state index < -0.39 is 0 Å². The number of carbonyl (C=O) groups excluding carboxylic acids is 1. The van der Waals surface area contributed by atoms with Crippen molar-refractivity contribution >= 4 is 46.2 Å². The highest BCUT2D eigenvalue weighted by molar-refractivity contribution is 7.80. The van der Waals surface area contributed by atoms with Crippen molar-refractivity contribution in [3.8, 4) is 0 Å². The summed E-state index contributed by atoms with van der Waals surface area (Å²) in [6, 6.07) is 14.2. The summed E-state index contributed by atoms with van der Waals surface area (Å²) in [4.78, 5) is 18.9. The first-order valence-electron chi connectivity index (χ1n) is 12.2. The van der Waals surface area contributed by atoms with Crippen LogP contribution in [0.5, 0.6) is 0 Å². The van der Waals surface area contributed by atoms with Crippen LogP contribution in [-0.2, 0) is 4.79 Å². The first kappa shape index (κ1) is 23.8. The summed E-state index contributed by atoms with van der Waals surface area (Å²) in [5.74, 6) is -0.201. The molecule has 3 aromatic rings. The molecule has 2 atom stereocenters. The zero-order chi connectivity index (χ0) is 24.5. The summed E-state index contributed by atoms with van der Waals surface area (Å²) in [7, 11) is 0. The van der Waals surface area contributed by atoms with Gasteiger partial charge in [0.15, 0.2) is 5.11 Å². The van der Waals surface area contributed by atoms with Crippen LogP contribution < -0.4 is 15.5 Å². The van der Waals surface area contributed by atoms with Gasteiger partial charge in [-0.25, -0.2) is 0 Å². The lowest BCUT2D eigenvalue weighted by Gasteiger charge is -2.28. The predicted octanol–water partition coefficient (Wildman–Crippen LogP) is 6.42. The Balaban J connectivity index is 1.52. The molecule has 1 aliphatic heterocycles. The van der Waals surface area contributed by atoms with Crippen LogP contribution in [0.2, 0.25) is 5.02 Å². The molecule has 1 amide bonds. The first-order valence-corrected chi connectivity index (χ1v) is 13.0. The Hall–Kier alpha value is -2.90. The third-order valence-electron chi connectivity index (χ3n) is 6.94. The van der Waals surface area contributed by atoms with Gasteiger partial charge in [-0.1, -0.05) is 44.4 Å². The van der Waals surface area contributed by atoms with Gasteiger partial charge in [0.25, 0.3) is 0 Å². The number of benzene rings is 1. The van der Waals surface area contributed by atoms with Gasteiger partial charge in [-0.3, -0.25) is 9.78 Å². The zero-order valence-corrected chi connectivity index (χ0v) is 21.5. The normalized spacial score (nSPS) is 20.5. The average Bonchev–Trinajstić information content (AvgIpc) is 3.60. The van der Waals surface area contributed by atoms with Crippen molar-refractivity contribution < 1.29 is 4.79 Å². The highest BCUT2D eigenvalue weighted by Crippen LogP contribution is 2.43. The van der Waals surface area contributed by atoms with Gasteiger partial charge in [0.1, 0.15) is 0 Å². The van der Waals surface area contributed by atoms with Crippen molar-refractivity contribution in [1.29, 1.82) is 0 Å². The summed E-state index contributed by atoms with van der Waals surface area (Å²) in [5.41, 5.74) is 3.57. The minimum atomic E-state index is -0.131. The van der Waals surface area contributed by atoms with Gasteiger partial charge in [0, 0.05) is 36.2 Å². The molecule has 0 unspecified atom stereocenters. The highest BCUT2D eigenvalue weighted by Gasteiger charge is 2.41. The topological polar surface area (TPSA) is 62.2 Å². The quantitative estimate of drug-likeness (QED) is 0.377. The molecule has 35 heavy (non-hydrogen) atoms. The van der Waals surface area contributed by atoms with E-state index in [9.17, 15) is 4.79 Å². The average molecular weight is 508 g/mol. The molecule has 5 rings (SSSR count). The van der Waals surface area contributed by atoms with Crippen molar-refractivity contribution in [2.45, 2.75) is 57.7 Å². The number of nitrogens with zero attached hydrogens (tertiary/aromatic N) is 3. The van der Waals surface area contributed by atoms with Gasteiger partial charge in [0.2, 0.25) is 5.91 Å². The summed E-state index contributed by atoms with van der Waals surface area (Å²) < 4.78 is 2.36. The van der Waals surface area contributed by atoms with Crippen molar-refractivity contribution in [3.63, 3.8) is 0 Å². The lowest BCUT2D eigenvalue weighted by atomic mass is 9.98. The van der Waals surface area contributed by atoms with E-state index in [1.807, 2.05) is 56.4 Å². The van der Waals surface area contributed by atoms with Gasteiger partial charge >= 0.3 is 0 Å². The molecule has 182 valence electrons. The number of halogens is 1. The van der Waals surface area contributed by atoms with Crippen LogP contribution in [0.4, 0.5) is 11.4 Å². The Kier molecular flexibility index (Phi) is 6.80. The molecule has 1 aromatic carbocycles. The van der Waals surface area contributed by atoms with E-state index in [0.29, 0.717) is 21.9 Å². The number of anilines is 2. The SMILES string of the molecule is CC(C)C(=O)Nc1ccc(N2C(=S)N[C@@H](c3ccccn3)[C@H]2c2ccn(C3CCCC3)c2)cc1Cl. The number of amides is 1. The molecular formula is C27H30ClN5OS. The number of aromatic nitrogens is 2. The Morgan fingerprint density at radius 1 is 1.20 bits per heavy atom. The molecule has 8 heteroatoms. The van der Waals surface area contributed by atoms with Crippen molar-refractivity contribution in [2.75, 3.05) is 10.2 Å². The first-order chi connectivity index (χ1) is 16.9. The summed E-state index contributed by atoms with van der Waals surface area (Å²) in [6.45, 7) is 3.71. The molecule has 2 aromatic heterocycles. The van der Waals surface area contributed by atoms with Crippen LogP contribution in [0.25, 0.3) is 0 Å². The zero-order valence-electron chi connectivity index (χ0n) is 19.9. The van der Waals surface area contributed by atoms with E-state index in [0.717, 1.165) is 11.4 Å². The second kappa shape index (κ2) is 9.99. The van der Waals surface area contributed by atoms with Crippen molar-refractivity contribution in [1.82, 2.24) is 14.9 Å². The van der Waals surface area contributed by atoms with Crippen LogP contribution in [0.15, 0.2) is 61.1 Å². The molecule has 1 saturated carbocycles. The van der Waals surface area contributed by atoms with Crippen molar-refractivity contribution in [2.24, 2.45) is 5.92 Å². The van der Waals surface area contributed by atoms with E-state index in [1.165, 1.54) is 31.2 Å². The fraction of sp³-hybridized carbons (Fsp3) is 0.370. The lowest BCUT2D eigenvalue weighted by molar-refractivity contribution is -0.118. The number of hydrogen-bond acceptors (Lipinski definition) is 3. The third kappa shape index (κ3) is 4.80. The highest BCUT2D eigenvalue weighted by atomic mass is 35.5. The fourth-order valence-corrected chi connectivity index (χ4v) is 5.61. The molecule has 0 spiro atoms. The second-order valence-electron chi connectivity index (χ2n) is 9.64. The van der Waals surface area contributed by atoms with Crippen LogP contribution in [-0.4, -0.2) is 20.6 Å². The van der Waals surface area contributed by atoms with E-state index in [4.69, 9.17) is 23.8 Å². The second-order valence-corrected chi connectivity index (χ2v) is 10.4. The Labute approximate surface area is 216 Å². The number of hydrogen-bond donors (Lipinski definition) is 2. The number of pyridine rings is 1. The van der Waals surface area contributed by atoms with E-state index in [2.05, 4.69) is 43.5 Å². The maximum atomic E-state index is 12.2. The fourth-order valence-electron chi connectivity index (χ4n) is 5.04. The van der Waals surface area contributed by atoms with Gasteiger partial charge in [0.05, 0.1) is 28.5 Å². The maximum Gasteiger partial charge on any atom is 0.226 e. The number of nitrogens with one attached hydrogen (secondary N) is 2. The molecule has 2 N–H and O–H groups in total. The lowest BCUT2D eigenvalue weighted by Crippen LogP contribution is -2.29. The standard InChI is InChI=1S/C27H30ClN5OS/c1-17(2)26(34)30-22-11-10-20(15-21(22)28)33-25(18-12-14-32(16-18)19-7-3-4-8-19)24(31-27(33)35)23-9-5-6-13-29-23/h5-6,9-17,19,24-25H,3-4,7-8H2,1-2H3,(H,30,34)(H,31,35)/t24-,25+/m0/s1.